The zero-order valence-corrected chi connectivity index (χ0v) is 5.06. The van der Waals surface area contributed by atoms with Gasteiger partial charge in [-0.1, -0.05) is 15.9 Å². The van der Waals surface area contributed by atoms with Crippen molar-refractivity contribution in [3.05, 3.63) is 0 Å². The first-order chi connectivity index (χ1) is 3.29. The first-order valence-corrected chi connectivity index (χ1v) is 2.78. The van der Waals surface area contributed by atoms with Crippen molar-refractivity contribution in [2.24, 2.45) is 0 Å². The Morgan fingerprint density at radius 2 is 2.71 bits per heavy atom. The lowest BCUT2D eigenvalue weighted by Crippen LogP contribution is -2.19. The van der Waals surface area contributed by atoms with Crippen molar-refractivity contribution in [1.82, 2.24) is 5.32 Å². The van der Waals surface area contributed by atoms with Crippen molar-refractivity contribution in [2.75, 3.05) is 6.61 Å². The van der Waals surface area contributed by atoms with Gasteiger partial charge in [0.1, 0.15) is 11.6 Å². The molecule has 0 aromatic rings. The molecule has 1 N–H and O–H groups in total. The molecule has 1 rings (SSSR count). The van der Waals surface area contributed by atoms with Gasteiger partial charge in [-0.3, -0.25) is 0 Å². The van der Waals surface area contributed by atoms with Gasteiger partial charge in [0.15, 0.2) is 0 Å². The molecule has 0 aromatic heterocycles. The smallest absolute Gasteiger partial charge is 0.408 e. The van der Waals surface area contributed by atoms with Gasteiger partial charge in [0.2, 0.25) is 0 Å². The molecule has 0 spiro atoms. The van der Waals surface area contributed by atoms with E-state index in [1.54, 1.807) is 0 Å². The third-order valence-corrected chi connectivity index (χ3v) is 1.13. The SMILES string of the molecule is O=C1NC(Br)CO1. The Morgan fingerprint density at radius 3 is 2.86 bits per heavy atom. The first kappa shape index (κ1) is 4.90. The number of amides is 1. The van der Waals surface area contributed by atoms with Gasteiger partial charge in [-0.05, 0) is 0 Å². The van der Waals surface area contributed by atoms with E-state index >= 15 is 0 Å². The molecule has 7 heavy (non-hydrogen) atoms. The molecule has 0 radical (unpaired) electrons. The van der Waals surface area contributed by atoms with Crippen LogP contribution in [0.15, 0.2) is 0 Å². The maximum Gasteiger partial charge on any atom is 0.408 e. The number of carbonyl (C=O) groups excluding carboxylic acids is 1. The minimum atomic E-state index is -0.345. The average Bonchev–Trinajstić information content (AvgIpc) is 1.87. The Morgan fingerprint density at radius 1 is 2.00 bits per heavy atom. The van der Waals surface area contributed by atoms with E-state index in [1.165, 1.54) is 0 Å². The summed E-state index contributed by atoms with van der Waals surface area (Å²) in [6.07, 6.45) is -0.345. The molecule has 0 aliphatic carbocycles. The predicted octanol–water partition coefficient (Wildman–Crippen LogP) is 0.447. The topological polar surface area (TPSA) is 38.3 Å². The molecule has 1 heterocycles. The number of hydrogen-bond acceptors (Lipinski definition) is 2. The van der Waals surface area contributed by atoms with Crippen molar-refractivity contribution < 1.29 is 9.53 Å². The van der Waals surface area contributed by atoms with Gasteiger partial charge < -0.3 is 10.1 Å². The third-order valence-electron chi connectivity index (χ3n) is 0.635. The van der Waals surface area contributed by atoms with Crippen molar-refractivity contribution in [3.8, 4) is 0 Å². The minimum Gasteiger partial charge on any atom is -0.446 e. The normalized spacial score (nSPS) is 29.3. The lowest BCUT2D eigenvalue weighted by molar-refractivity contribution is 0.178. The Hall–Kier alpha value is -0.250. The van der Waals surface area contributed by atoms with Gasteiger partial charge in [0, 0.05) is 0 Å². The highest BCUT2D eigenvalue weighted by atomic mass is 79.9. The summed E-state index contributed by atoms with van der Waals surface area (Å²) >= 11 is 3.12. The fourth-order valence-corrected chi connectivity index (χ4v) is 0.679. The van der Waals surface area contributed by atoms with Crippen LogP contribution in [0.3, 0.4) is 0 Å². The average molecular weight is 166 g/mol. The van der Waals surface area contributed by atoms with Crippen LogP contribution in [-0.4, -0.2) is 17.7 Å². The summed E-state index contributed by atoms with van der Waals surface area (Å²) in [5.41, 5.74) is 0. The van der Waals surface area contributed by atoms with Gasteiger partial charge in [-0.15, -0.1) is 0 Å². The van der Waals surface area contributed by atoms with E-state index in [0.29, 0.717) is 6.61 Å². The van der Waals surface area contributed by atoms with Crippen LogP contribution in [0.4, 0.5) is 4.79 Å². The molecule has 4 heteroatoms. The van der Waals surface area contributed by atoms with E-state index < -0.39 is 0 Å². The van der Waals surface area contributed by atoms with Crippen molar-refractivity contribution in [2.45, 2.75) is 4.95 Å². The van der Waals surface area contributed by atoms with Crippen molar-refractivity contribution in [1.29, 1.82) is 0 Å². The molecular weight excluding hydrogens is 162 g/mol. The summed E-state index contributed by atoms with van der Waals surface area (Å²) in [5, 5.41) is 2.47. The summed E-state index contributed by atoms with van der Waals surface area (Å²) in [5.74, 6) is 0. The highest BCUT2D eigenvalue weighted by Gasteiger charge is 2.17. The summed E-state index contributed by atoms with van der Waals surface area (Å²) in [6, 6.07) is 0. The molecule has 1 atom stereocenters. The zero-order chi connectivity index (χ0) is 5.28. The number of cyclic esters (lactones) is 1. The van der Waals surface area contributed by atoms with Gasteiger partial charge in [-0.2, -0.15) is 0 Å². The number of alkyl halides is 1. The van der Waals surface area contributed by atoms with Gasteiger partial charge in [0.25, 0.3) is 0 Å². The molecule has 40 valence electrons. The van der Waals surface area contributed by atoms with E-state index in [9.17, 15) is 4.79 Å². The molecule has 1 fully saturated rings. The number of hydrogen-bond donors (Lipinski definition) is 1. The minimum absolute atomic E-state index is 0.0139. The van der Waals surface area contributed by atoms with Crippen LogP contribution < -0.4 is 5.32 Å². The quantitative estimate of drug-likeness (QED) is 0.419. The summed E-state index contributed by atoms with van der Waals surface area (Å²) < 4.78 is 4.47. The number of rotatable bonds is 0. The number of nitrogens with one attached hydrogen (secondary N) is 1. The number of halogens is 1. The van der Waals surface area contributed by atoms with E-state index in [4.69, 9.17) is 0 Å². The van der Waals surface area contributed by atoms with Crippen LogP contribution in [0.1, 0.15) is 0 Å². The van der Waals surface area contributed by atoms with Gasteiger partial charge in [0.05, 0.1) is 0 Å². The van der Waals surface area contributed by atoms with Crippen LogP contribution >= 0.6 is 15.9 Å². The third kappa shape index (κ3) is 1.06. The summed E-state index contributed by atoms with van der Waals surface area (Å²) in [6.45, 7) is 0.429. The molecule has 1 amide bonds. The van der Waals surface area contributed by atoms with Gasteiger partial charge in [-0.25, -0.2) is 4.79 Å². The van der Waals surface area contributed by atoms with E-state index in [2.05, 4.69) is 26.0 Å². The van der Waals surface area contributed by atoms with Crippen LogP contribution in [0.25, 0.3) is 0 Å². The maximum absolute atomic E-state index is 10.1. The molecule has 1 unspecified atom stereocenters. The molecule has 0 saturated carbocycles. The second kappa shape index (κ2) is 1.69. The largest absolute Gasteiger partial charge is 0.446 e. The fraction of sp³-hybridized carbons (Fsp3) is 0.667. The summed E-state index contributed by atoms with van der Waals surface area (Å²) in [7, 11) is 0. The molecule has 1 aliphatic heterocycles. The van der Waals surface area contributed by atoms with Crippen LogP contribution in [0.2, 0.25) is 0 Å². The lowest BCUT2D eigenvalue weighted by atomic mass is 10.7. The van der Waals surface area contributed by atoms with Gasteiger partial charge >= 0.3 is 6.09 Å². The Kier molecular flexibility index (Phi) is 1.19. The van der Waals surface area contributed by atoms with Crippen LogP contribution in [-0.2, 0) is 4.74 Å². The van der Waals surface area contributed by atoms with E-state index in [-0.39, 0.29) is 11.0 Å². The number of alkyl carbamates (subject to hydrolysis) is 1. The van der Waals surface area contributed by atoms with E-state index in [0.717, 1.165) is 0 Å². The highest BCUT2D eigenvalue weighted by molar-refractivity contribution is 9.09. The molecule has 1 aliphatic rings. The van der Waals surface area contributed by atoms with Crippen LogP contribution in [0.5, 0.6) is 0 Å². The van der Waals surface area contributed by atoms with Crippen molar-refractivity contribution in [3.63, 3.8) is 0 Å². The lowest BCUT2D eigenvalue weighted by Gasteiger charge is -1.87. The number of carbonyl (C=O) groups is 1. The molecule has 0 bridgehead atoms. The maximum atomic E-state index is 10.1. The second-order valence-electron chi connectivity index (χ2n) is 1.21. The second-order valence-corrected chi connectivity index (χ2v) is 2.32. The Labute approximate surface area is 49.2 Å². The predicted molar refractivity (Wildman–Crippen MR) is 27.2 cm³/mol. The van der Waals surface area contributed by atoms with E-state index in [1.807, 2.05) is 0 Å². The molecule has 1 saturated heterocycles. The molecule has 3 nitrogen and oxygen atoms in total. The van der Waals surface area contributed by atoms with Crippen LogP contribution in [0, 0.1) is 0 Å². The fourth-order valence-electron chi connectivity index (χ4n) is 0.360. The Balaban J connectivity index is 2.40. The summed E-state index contributed by atoms with van der Waals surface area (Å²) in [4.78, 5) is 10.1. The van der Waals surface area contributed by atoms with Crippen molar-refractivity contribution >= 4 is 22.0 Å². The highest BCUT2D eigenvalue weighted by Crippen LogP contribution is 2.02. The zero-order valence-electron chi connectivity index (χ0n) is 3.48. The monoisotopic (exact) mass is 165 g/mol. The first-order valence-electron chi connectivity index (χ1n) is 1.86. The number of ether oxygens (including phenoxy) is 1. The standard InChI is InChI=1S/C3H4BrNO2/c4-2-1-7-3(6)5-2/h2H,1H2,(H,5,6). The molecule has 0 aromatic carbocycles. The molecular formula is C3H4BrNO2. The Bertz CT molecular complexity index is 94.9.